The predicted octanol–water partition coefficient (Wildman–Crippen LogP) is 1.86. The van der Waals surface area contributed by atoms with Gasteiger partial charge in [-0.25, -0.2) is 0 Å². The molecule has 4 nitrogen and oxygen atoms in total. The van der Waals surface area contributed by atoms with Crippen molar-refractivity contribution in [3.63, 3.8) is 0 Å². The van der Waals surface area contributed by atoms with Gasteiger partial charge >= 0.3 is 0 Å². The fourth-order valence-corrected chi connectivity index (χ4v) is 1.93. The van der Waals surface area contributed by atoms with Crippen molar-refractivity contribution in [2.75, 3.05) is 6.54 Å². The molecule has 0 radical (unpaired) electrons. The van der Waals surface area contributed by atoms with E-state index in [1.54, 1.807) is 0 Å². The third-order valence-corrected chi connectivity index (χ3v) is 2.78. The minimum absolute atomic E-state index is 0.0711. The van der Waals surface area contributed by atoms with Gasteiger partial charge in [0, 0.05) is 25.8 Å². The highest BCUT2D eigenvalue weighted by Crippen LogP contribution is 2.31. The van der Waals surface area contributed by atoms with E-state index < -0.39 is 0 Å². The van der Waals surface area contributed by atoms with Crippen LogP contribution in [0.1, 0.15) is 46.0 Å². The fraction of sp³-hybridized carbons (Fsp3) is 0.750. The van der Waals surface area contributed by atoms with Gasteiger partial charge in [0.05, 0.1) is 6.07 Å². The van der Waals surface area contributed by atoms with Gasteiger partial charge in [0.25, 0.3) is 0 Å². The first kappa shape index (κ1) is 12.7. The van der Waals surface area contributed by atoms with Crippen LogP contribution < -0.4 is 0 Å². The molecule has 0 aromatic carbocycles. The Kier molecular flexibility index (Phi) is 4.05. The Morgan fingerprint density at radius 2 is 1.81 bits per heavy atom. The van der Waals surface area contributed by atoms with Crippen LogP contribution in [0.15, 0.2) is 0 Å². The molecule has 0 atom stereocenters. The van der Waals surface area contributed by atoms with Crippen LogP contribution in [-0.4, -0.2) is 23.3 Å². The summed E-state index contributed by atoms with van der Waals surface area (Å²) in [6.45, 7) is 4.35. The van der Waals surface area contributed by atoms with Gasteiger partial charge in [-0.15, -0.1) is 0 Å². The number of carbonyl (C=O) groups excluding carboxylic acids is 2. The van der Waals surface area contributed by atoms with Crippen LogP contribution in [0, 0.1) is 16.7 Å². The third kappa shape index (κ3) is 3.34. The van der Waals surface area contributed by atoms with E-state index in [1.165, 1.54) is 4.90 Å². The van der Waals surface area contributed by atoms with Crippen molar-refractivity contribution in [3.8, 4) is 6.07 Å². The Balaban J connectivity index is 2.46. The van der Waals surface area contributed by atoms with Crippen LogP contribution in [0.25, 0.3) is 0 Å². The molecule has 0 aromatic rings. The van der Waals surface area contributed by atoms with E-state index in [9.17, 15) is 9.59 Å². The molecule has 0 N–H and O–H groups in total. The van der Waals surface area contributed by atoms with Crippen LogP contribution in [-0.2, 0) is 9.59 Å². The summed E-state index contributed by atoms with van der Waals surface area (Å²) in [5.74, 6) is -0.142. The molecule has 1 saturated heterocycles. The van der Waals surface area contributed by atoms with Crippen molar-refractivity contribution in [2.45, 2.75) is 46.0 Å². The minimum Gasteiger partial charge on any atom is -0.283 e. The molecule has 0 aliphatic carbocycles. The lowest BCUT2D eigenvalue weighted by Gasteiger charge is -2.34. The summed E-state index contributed by atoms with van der Waals surface area (Å²) in [6, 6.07) is 2.05. The van der Waals surface area contributed by atoms with E-state index >= 15 is 0 Å². The number of piperidine rings is 1. The highest BCUT2D eigenvalue weighted by atomic mass is 16.2. The zero-order valence-electron chi connectivity index (χ0n) is 9.95. The molecule has 88 valence electrons. The predicted molar refractivity (Wildman–Crippen MR) is 59.2 cm³/mol. The second-order valence-electron chi connectivity index (χ2n) is 5.07. The maximum Gasteiger partial charge on any atom is 0.229 e. The van der Waals surface area contributed by atoms with Crippen molar-refractivity contribution in [1.29, 1.82) is 5.26 Å². The Labute approximate surface area is 96.2 Å². The molecular formula is C12H18N2O2. The largest absolute Gasteiger partial charge is 0.283 e. The second-order valence-corrected chi connectivity index (χ2v) is 5.07. The normalized spacial score (nSPS) is 19.7. The summed E-state index contributed by atoms with van der Waals surface area (Å²) in [5, 5.41) is 8.38. The number of imide groups is 1. The number of carbonyl (C=O) groups is 2. The monoisotopic (exact) mass is 222 g/mol. The highest BCUT2D eigenvalue weighted by molar-refractivity contribution is 5.98. The van der Waals surface area contributed by atoms with Crippen molar-refractivity contribution in [1.82, 2.24) is 4.90 Å². The number of nitriles is 1. The number of unbranched alkanes of at least 4 members (excludes halogenated alkanes) is 2. The minimum atomic E-state index is -0.197. The van der Waals surface area contributed by atoms with Gasteiger partial charge in [-0.1, -0.05) is 13.8 Å². The maximum absolute atomic E-state index is 11.7. The maximum atomic E-state index is 11.7. The lowest BCUT2D eigenvalue weighted by atomic mass is 9.82. The van der Waals surface area contributed by atoms with Gasteiger partial charge in [0.2, 0.25) is 11.8 Å². The Morgan fingerprint density at radius 3 is 2.31 bits per heavy atom. The lowest BCUT2D eigenvalue weighted by Crippen LogP contribution is -2.46. The first-order valence-corrected chi connectivity index (χ1v) is 5.66. The molecule has 1 aliphatic heterocycles. The van der Waals surface area contributed by atoms with E-state index in [4.69, 9.17) is 5.26 Å². The Morgan fingerprint density at radius 1 is 1.25 bits per heavy atom. The summed E-state index contributed by atoms with van der Waals surface area (Å²) in [5.41, 5.74) is -0.197. The average Bonchev–Trinajstić information content (AvgIpc) is 2.13. The zero-order chi connectivity index (χ0) is 12.2. The Hall–Kier alpha value is -1.37. The topological polar surface area (TPSA) is 61.2 Å². The first-order valence-electron chi connectivity index (χ1n) is 5.66. The van der Waals surface area contributed by atoms with Gasteiger partial charge in [-0.3, -0.25) is 14.5 Å². The van der Waals surface area contributed by atoms with Gasteiger partial charge in [0.15, 0.2) is 0 Å². The van der Waals surface area contributed by atoms with Crippen LogP contribution in [0.5, 0.6) is 0 Å². The van der Waals surface area contributed by atoms with Crippen LogP contribution in [0.4, 0.5) is 0 Å². The summed E-state index contributed by atoms with van der Waals surface area (Å²) in [7, 11) is 0. The van der Waals surface area contributed by atoms with Gasteiger partial charge < -0.3 is 0 Å². The highest BCUT2D eigenvalue weighted by Gasteiger charge is 2.36. The van der Waals surface area contributed by atoms with E-state index in [-0.39, 0.29) is 17.2 Å². The molecular weight excluding hydrogens is 204 g/mol. The van der Waals surface area contributed by atoms with E-state index in [0.29, 0.717) is 25.8 Å². The number of likely N-dealkylation sites (tertiary alicyclic amines) is 1. The number of hydrogen-bond acceptors (Lipinski definition) is 3. The summed E-state index contributed by atoms with van der Waals surface area (Å²) < 4.78 is 0. The lowest BCUT2D eigenvalue weighted by molar-refractivity contribution is -0.152. The SMILES string of the molecule is CC1(C)CC(=O)N(CCCCC#N)C(=O)C1. The van der Waals surface area contributed by atoms with Crippen molar-refractivity contribution in [3.05, 3.63) is 0 Å². The number of amides is 2. The summed E-state index contributed by atoms with van der Waals surface area (Å²) in [6.07, 6.45) is 2.85. The van der Waals surface area contributed by atoms with Crippen LogP contribution in [0.3, 0.4) is 0 Å². The molecule has 4 heteroatoms. The molecule has 0 aromatic heterocycles. The van der Waals surface area contributed by atoms with Crippen LogP contribution in [0.2, 0.25) is 0 Å². The molecule has 0 saturated carbocycles. The second kappa shape index (κ2) is 5.11. The van der Waals surface area contributed by atoms with Crippen molar-refractivity contribution in [2.24, 2.45) is 5.41 Å². The van der Waals surface area contributed by atoms with Gasteiger partial charge in [-0.05, 0) is 18.3 Å². The quantitative estimate of drug-likeness (QED) is 0.538. The third-order valence-electron chi connectivity index (χ3n) is 2.78. The summed E-state index contributed by atoms with van der Waals surface area (Å²) in [4.78, 5) is 24.8. The Bertz CT molecular complexity index is 308. The number of rotatable bonds is 4. The molecule has 1 heterocycles. The smallest absolute Gasteiger partial charge is 0.229 e. The molecule has 1 rings (SSSR count). The summed E-state index contributed by atoms with van der Waals surface area (Å²) >= 11 is 0. The van der Waals surface area contributed by atoms with E-state index in [1.807, 2.05) is 13.8 Å². The first-order chi connectivity index (χ1) is 7.46. The average molecular weight is 222 g/mol. The fourth-order valence-electron chi connectivity index (χ4n) is 1.93. The van der Waals surface area contributed by atoms with Crippen molar-refractivity contribution < 1.29 is 9.59 Å². The van der Waals surface area contributed by atoms with E-state index in [0.717, 1.165) is 12.8 Å². The number of hydrogen-bond donors (Lipinski definition) is 0. The van der Waals surface area contributed by atoms with Gasteiger partial charge in [0.1, 0.15) is 0 Å². The van der Waals surface area contributed by atoms with E-state index in [2.05, 4.69) is 6.07 Å². The molecule has 2 amide bonds. The molecule has 1 aliphatic rings. The molecule has 16 heavy (non-hydrogen) atoms. The van der Waals surface area contributed by atoms with Crippen LogP contribution >= 0.6 is 0 Å². The molecule has 1 fully saturated rings. The molecule has 0 bridgehead atoms. The van der Waals surface area contributed by atoms with Crippen molar-refractivity contribution >= 4 is 11.8 Å². The zero-order valence-corrected chi connectivity index (χ0v) is 9.95. The number of nitrogens with zero attached hydrogens (tertiary/aromatic N) is 2. The molecule has 0 unspecified atom stereocenters. The molecule has 0 spiro atoms. The van der Waals surface area contributed by atoms with Gasteiger partial charge in [-0.2, -0.15) is 5.26 Å². The standard InChI is InChI=1S/C12H18N2O2/c1-12(2)8-10(15)14(11(16)9-12)7-5-3-4-6-13/h3-5,7-9H2,1-2H3.